The van der Waals surface area contributed by atoms with Crippen LogP contribution in [0.1, 0.15) is 20.8 Å². The van der Waals surface area contributed by atoms with Gasteiger partial charge in [0.05, 0.1) is 5.69 Å². The number of piperazine rings is 1. The van der Waals surface area contributed by atoms with Gasteiger partial charge in [-0.3, -0.25) is 0 Å². The summed E-state index contributed by atoms with van der Waals surface area (Å²) in [6, 6.07) is 3.18. The van der Waals surface area contributed by atoms with E-state index < -0.39 is 11.5 Å². The van der Waals surface area contributed by atoms with Gasteiger partial charge in [-0.25, -0.2) is 9.78 Å². The molecule has 1 aliphatic heterocycles. The molecule has 1 aliphatic rings. The van der Waals surface area contributed by atoms with E-state index in [0.717, 1.165) is 0 Å². The van der Waals surface area contributed by atoms with Gasteiger partial charge in [0.15, 0.2) is 0 Å². The van der Waals surface area contributed by atoms with E-state index in [4.69, 9.17) is 10.5 Å². The summed E-state index contributed by atoms with van der Waals surface area (Å²) < 4.78 is 19.1. The van der Waals surface area contributed by atoms with Crippen molar-refractivity contribution in [1.82, 2.24) is 9.88 Å². The molecule has 0 aromatic carbocycles. The number of pyridine rings is 1. The number of aromatic nitrogens is 1. The molecule has 0 radical (unpaired) electrons. The predicted molar refractivity (Wildman–Crippen MR) is 78.6 cm³/mol. The van der Waals surface area contributed by atoms with Gasteiger partial charge in [-0.1, -0.05) is 0 Å². The fourth-order valence-electron chi connectivity index (χ4n) is 2.13. The summed E-state index contributed by atoms with van der Waals surface area (Å²) in [6.07, 6.45) is -0.335. The molecule has 2 N–H and O–H groups in total. The molecule has 6 nitrogen and oxygen atoms in total. The topological polar surface area (TPSA) is 71.7 Å². The van der Waals surface area contributed by atoms with Gasteiger partial charge in [-0.2, -0.15) is 4.39 Å². The Labute approximate surface area is 123 Å². The normalized spacial score (nSPS) is 16.0. The summed E-state index contributed by atoms with van der Waals surface area (Å²) in [7, 11) is 0. The SMILES string of the molecule is CC(C)(C)OC(=O)N1CCN(c2ccc(N)nc2F)CC1. The van der Waals surface area contributed by atoms with Crippen LogP contribution in [0.4, 0.5) is 20.7 Å². The minimum Gasteiger partial charge on any atom is -0.444 e. The number of hydrogen-bond donors (Lipinski definition) is 1. The van der Waals surface area contributed by atoms with Crippen molar-refractivity contribution in [3.05, 3.63) is 18.1 Å². The summed E-state index contributed by atoms with van der Waals surface area (Å²) in [5.74, 6) is -0.427. The molecular formula is C14H21FN4O2. The lowest BCUT2D eigenvalue weighted by Gasteiger charge is -2.36. The zero-order valence-corrected chi connectivity index (χ0v) is 12.6. The van der Waals surface area contributed by atoms with E-state index in [1.54, 1.807) is 17.0 Å². The van der Waals surface area contributed by atoms with Crippen LogP contribution < -0.4 is 10.6 Å². The van der Waals surface area contributed by atoms with Crippen molar-refractivity contribution in [1.29, 1.82) is 0 Å². The Morgan fingerprint density at radius 2 is 1.90 bits per heavy atom. The van der Waals surface area contributed by atoms with E-state index in [1.165, 1.54) is 0 Å². The highest BCUT2D eigenvalue weighted by Gasteiger charge is 2.26. The third kappa shape index (κ3) is 3.96. The van der Waals surface area contributed by atoms with Crippen molar-refractivity contribution in [2.75, 3.05) is 36.8 Å². The van der Waals surface area contributed by atoms with Crippen LogP contribution in [0, 0.1) is 5.95 Å². The molecule has 0 spiro atoms. The van der Waals surface area contributed by atoms with E-state index in [9.17, 15) is 9.18 Å². The summed E-state index contributed by atoms with van der Waals surface area (Å²) in [5, 5.41) is 0. The number of hydrogen-bond acceptors (Lipinski definition) is 5. The van der Waals surface area contributed by atoms with E-state index in [2.05, 4.69) is 4.98 Å². The highest BCUT2D eigenvalue weighted by atomic mass is 19.1. The monoisotopic (exact) mass is 296 g/mol. The largest absolute Gasteiger partial charge is 0.444 e. The van der Waals surface area contributed by atoms with Crippen LogP contribution in [0.3, 0.4) is 0 Å². The summed E-state index contributed by atoms with van der Waals surface area (Å²) in [5.41, 5.74) is 5.34. The Bertz CT molecular complexity index is 522. The highest BCUT2D eigenvalue weighted by molar-refractivity contribution is 5.68. The zero-order valence-electron chi connectivity index (χ0n) is 12.6. The Kier molecular flexibility index (Phi) is 4.20. The summed E-state index contributed by atoms with van der Waals surface area (Å²) in [6.45, 7) is 7.52. The molecule has 0 bridgehead atoms. The summed E-state index contributed by atoms with van der Waals surface area (Å²) >= 11 is 0. The van der Waals surface area contributed by atoms with Crippen LogP contribution in [-0.2, 0) is 4.74 Å². The minimum atomic E-state index is -0.583. The predicted octanol–water partition coefficient (Wildman–Crippen LogP) is 1.86. The Balaban J connectivity index is 1.95. The van der Waals surface area contributed by atoms with Crippen LogP contribution in [-0.4, -0.2) is 47.8 Å². The minimum absolute atomic E-state index is 0.156. The number of carbonyl (C=O) groups excluding carboxylic acids is 1. The lowest BCUT2D eigenvalue weighted by Crippen LogP contribution is -2.50. The number of halogens is 1. The second kappa shape index (κ2) is 5.75. The van der Waals surface area contributed by atoms with Crippen LogP contribution >= 0.6 is 0 Å². The van der Waals surface area contributed by atoms with Gasteiger partial charge in [0.2, 0.25) is 5.95 Å². The second-order valence-corrected chi connectivity index (χ2v) is 6.00. The van der Waals surface area contributed by atoms with Gasteiger partial charge in [0, 0.05) is 26.2 Å². The van der Waals surface area contributed by atoms with Crippen molar-refractivity contribution in [3.63, 3.8) is 0 Å². The quantitative estimate of drug-likeness (QED) is 0.801. The number of nitrogen functional groups attached to an aromatic ring is 1. The van der Waals surface area contributed by atoms with Gasteiger partial charge < -0.3 is 20.3 Å². The van der Waals surface area contributed by atoms with Crippen molar-refractivity contribution < 1.29 is 13.9 Å². The molecule has 1 fully saturated rings. The first-order chi connectivity index (χ1) is 9.76. The number of anilines is 2. The number of amides is 1. The highest BCUT2D eigenvalue weighted by Crippen LogP contribution is 2.21. The fourth-order valence-corrected chi connectivity index (χ4v) is 2.13. The average molecular weight is 296 g/mol. The number of nitrogens with zero attached hydrogens (tertiary/aromatic N) is 3. The summed E-state index contributed by atoms with van der Waals surface area (Å²) in [4.78, 5) is 19.0. The number of carbonyl (C=O) groups is 1. The standard InChI is InChI=1S/C14H21FN4O2/c1-14(2,3)21-13(20)19-8-6-18(7-9-19)10-4-5-11(16)17-12(10)15/h4-5H,6-9H2,1-3H3,(H2,16,17). The Morgan fingerprint density at radius 3 is 2.43 bits per heavy atom. The molecule has 0 unspecified atom stereocenters. The second-order valence-electron chi connectivity index (χ2n) is 6.00. The molecule has 116 valence electrons. The van der Waals surface area contributed by atoms with E-state index in [1.807, 2.05) is 25.7 Å². The molecule has 2 rings (SSSR count). The first-order valence-corrected chi connectivity index (χ1v) is 6.91. The molecule has 1 aromatic heterocycles. The fraction of sp³-hybridized carbons (Fsp3) is 0.571. The van der Waals surface area contributed by atoms with Crippen LogP contribution in [0.2, 0.25) is 0 Å². The molecule has 1 amide bonds. The maximum absolute atomic E-state index is 13.8. The molecule has 0 saturated carbocycles. The number of rotatable bonds is 1. The number of nitrogens with two attached hydrogens (primary N) is 1. The molecular weight excluding hydrogens is 275 g/mol. The van der Waals surface area contributed by atoms with Crippen molar-refractivity contribution in [2.45, 2.75) is 26.4 Å². The lowest BCUT2D eigenvalue weighted by atomic mass is 10.2. The number of ether oxygens (including phenoxy) is 1. The maximum atomic E-state index is 13.8. The third-order valence-corrected chi connectivity index (χ3v) is 3.12. The van der Waals surface area contributed by atoms with Gasteiger partial charge in [-0.05, 0) is 32.9 Å². The zero-order chi connectivity index (χ0) is 15.6. The van der Waals surface area contributed by atoms with E-state index in [-0.39, 0.29) is 11.9 Å². The Morgan fingerprint density at radius 1 is 1.29 bits per heavy atom. The smallest absolute Gasteiger partial charge is 0.410 e. The van der Waals surface area contributed by atoms with Gasteiger partial charge >= 0.3 is 6.09 Å². The molecule has 1 aromatic rings. The van der Waals surface area contributed by atoms with Gasteiger partial charge in [0.25, 0.3) is 0 Å². The average Bonchev–Trinajstić information content (AvgIpc) is 2.37. The maximum Gasteiger partial charge on any atom is 0.410 e. The molecule has 1 saturated heterocycles. The van der Waals surface area contributed by atoms with Crippen LogP contribution in [0.5, 0.6) is 0 Å². The van der Waals surface area contributed by atoms with Crippen molar-refractivity contribution in [2.24, 2.45) is 0 Å². The molecule has 21 heavy (non-hydrogen) atoms. The van der Waals surface area contributed by atoms with Crippen molar-refractivity contribution >= 4 is 17.6 Å². The molecule has 0 atom stereocenters. The van der Waals surface area contributed by atoms with Gasteiger partial charge in [0.1, 0.15) is 11.4 Å². The van der Waals surface area contributed by atoms with E-state index in [0.29, 0.717) is 31.9 Å². The van der Waals surface area contributed by atoms with Crippen molar-refractivity contribution in [3.8, 4) is 0 Å². The third-order valence-electron chi connectivity index (χ3n) is 3.12. The first kappa shape index (κ1) is 15.3. The first-order valence-electron chi connectivity index (χ1n) is 6.91. The molecule has 0 aliphatic carbocycles. The molecule has 7 heteroatoms. The van der Waals surface area contributed by atoms with Gasteiger partial charge in [-0.15, -0.1) is 0 Å². The molecule has 2 heterocycles. The Hall–Kier alpha value is -2.05. The van der Waals surface area contributed by atoms with Crippen LogP contribution in [0.25, 0.3) is 0 Å². The lowest BCUT2D eigenvalue weighted by molar-refractivity contribution is 0.0240. The van der Waals surface area contributed by atoms with Crippen LogP contribution in [0.15, 0.2) is 12.1 Å². The van der Waals surface area contributed by atoms with E-state index >= 15 is 0 Å².